The quantitative estimate of drug-likeness (QED) is 0.467. The van der Waals surface area contributed by atoms with Gasteiger partial charge in [-0.1, -0.05) is 5.16 Å². The summed E-state index contributed by atoms with van der Waals surface area (Å²) in [4.78, 5) is 25.1. The second kappa shape index (κ2) is 8.34. The topological polar surface area (TPSA) is 111 Å². The molecule has 0 radical (unpaired) electrons. The predicted molar refractivity (Wildman–Crippen MR) is 107 cm³/mol. The molecule has 9 nitrogen and oxygen atoms in total. The molecule has 29 heavy (non-hydrogen) atoms. The lowest BCUT2D eigenvalue weighted by molar-refractivity contribution is 0.0946. The van der Waals surface area contributed by atoms with Gasteiger partial charge in [0.1, 0.15) is 17.5 Å². The van der Waals surface area contributed by atoms with E-state index >= 15 is 0 Å². The number of rotatable bonds is 7. The second-order valence-corrected chi connectivity index (χ2v) is 6.25. The van der Waals surface area contributed by atoms with E-state index in [9.17, 15) is 4.79 Å². The highest BCUT2D eigenvalue weighted by Gasteiger charge is 2.13. The van der Waals surface area contributed by atoms with Crippen LogP contribution in [0.15, 0.2) is 65.7 Å². The summed E-state index contributed by atoms with van der Waals surface area (Å²) < 4.78 is 7.13. The normalized spacial score (nSPS) is 10.7. The largest absolute Gasteiger partial charge is 0.368 e. The first-order valence-electron chi connectivity index (χ1n) is 9.07. The summed E-state index contributed by atoms with van der Waals surface area (Å²) in [5, 5.41) is 9.82. The van der Waals surface area contributed by atoms with Crippen LogP contribution in [-0.4, -0.2) is 43.7 Å². The van der Waals surface area contributed by atoms with Crippen LogP contribution in [0.4, 0.5) is 5.82 Å². The number of hydrogen-bond donors (Lipinski definition) is 2. The van der Waals surface area contributed by atoms with Crippen molar-refractivity contribution >= 4 is 11.7 Å². The Labute approximate surface area is 166 Å². The number of pyridine rings is 1. The SMILES string of the molecule is Cc1nc(NCCNC(=O)c2cc(-c3cccnc3)on2)cc(-n2cccc2)n1. The van der Waals surface area contributed by atoms with Crippen LogP contribution in [0, 0.1) is 6.92 Å². The van der Waals surface area contributed by atoms with E-state index in [1.54, 1.807) is 24.5 Å². The first kappa shape index (κ1) is 18.4. The lowest BCUT2D eigenvalue weighted by atomic mass is 10.2. The molecule has 4 heterocycles. The van der Waals surface area contributed by atoms with Crippen LogP contribution in [0.3, 0.4) is 0 Å². The minimum Gasteiger partial charge on any atom is -0.368 e. The fourth-order valence-corrected chi connectivity index (χ4v) is 2.75. The molecule has 4 aromatic heterocycles. The molecule has 4 rings (SSSR count). The van der Waals surface area contributed by atoms with Crippen LogP contribution in [-0.2, 0) is 0 Å². The molecule has 0 unspecified atom stereocenters. The van der Waals surface area contributed by atoms with Gasteiger partial charge in [-0.15, -0.1) is 0 Å². The zero-order valence-corrected chi connectivity index (χ0v) is 15.7. The third kappa shape index (κ3) is 4.46. The summed E-state index contributed by atoms with van der Waals surface area (Å²) >= 11 is 0. The van der Waals surface area contributed by atoms with Crippen LogP contribution in [0.5, 0.6) is 0 Å². The molecular formula is C20H19N7O2. The molecule has 0 saturated heterocycles. The smallest absolute Gasteiger partial charge is 0.273 e. The molecule has 0 atom stereocenters. The van der Waals surface area contributed by atoms with Gasteiger partial charge in [-0.25, -0.2) is 9.97 Å². The van der Waals surface area contributed by atoms with E-state index in [1.807, 2.05) is 48.1 Å². The molecule has 0 saturated carbocycles. The highest BCUT2D eigenvalue weighted by molar-refractivity contribution is 5.93. The van der Waals surface area contributed by atoms with Crippen LogP contribution in [0.2, 0.25) is 0 Å². The van der Waals surface area contributed by atoms with E-state index < -0.39 is 0 Å². The maximum absolute atomic E-state index is 12.3. The molecule has 4 aromatic rings. The number of aromatic nitrogens is 5. The van der Waals surface area contributed by atoms with Crippen molar-refractivity contribution in [3.8, 4) is 17.1 Å². The molecule has 146 valence electrons. The number of hydrogen-bond acceptors (Lipinski definition) is 7. The number of nitrogens with one attached hydrogen (secondary N) is 2. The highest BCUT2D eigenvalue weighted by Crippen LogP contribution is 2.18. The second-order valence-electron chi connectivity index (χ2n) is 6.25. The van der Waals surface area contributed by atoms with Crippen LogP contribution < -0.4 is 10.6 Å². The fraction of sp³-hybridized carbons (Fsp3) is 0.150. The van der Waals surface area contributed by atoms with Gasteiger partial charge in [0.2, 0.25) is 0 Å². The third-order valence-corrected chi connectivity index (χ3v) is 4.10. The first-order chi connectivity index (χ1) is 14.2. The van der Waals surface area contributed by atoms with Crippen molar-refractivity contribution in [1.29, 1.82) is 0 Å². The molecular weight excluding hydrogens is 370 g/mol. The van der Waals surface area contributed by atoms with Gasteiger partial charge in [0.25, 0.3) is 5.91 Å². The third-order valence-electron chi connectivity index (χ3n) is 4.10. The summed E-state index contributed by atoms with van der Waals surface area (Å²) in [6.07, 6.45) is 7.16. The Morgan fingerprint density at radius 2 is 2.00 bits per heavy atom. The Hall–Kier alpha value is -4.01. The van der Waals surface area contributed by atoms with Crippen molar-refractivity contribution < 1.29 is 9.32 Å². The molecule has 0 aliphatic rings. The van der Waals surface area contributed by atoms with Gasteiger partial charge in [0.15, 0.2) is 11.5 Å². The minimum atomic E-state index is -0.308. The molecule has 0 bridgehead atoms. The van der Waals surface area contributed by atoms with Gasteiger partial charge in [-0.3, -0.25) is 9.78 Å². The van der Waals surface area contributed by atoms with Crippen molar-refractivity contribution in [2.75, 3.05) is 18.4 Å². The van der Waals surface area contributed by atoms with E-state index in [0.717, 1.165) is 11.4 Å². The zero-order valence-electron chi connectivity index (χ0n) is 15.7. The van der Waals surface area contributed by atoms with Gasteiger partial charge < -0.3 is 19.7 Å². The zero-order chi connectivity index (χ0) is 20.1. The standard InChI is InChI=1S/C20H19N7O2/c1-14-24-18(12-19(25-14)27-9-2-3-10-27)22-7-8-23-20(28)16-11-17(29-26-16)15-5-4-6-21-13-15/h2-6,9-13H,7-8H2,1H3,(H,23,28)(H,22,24,25). The van der Waals surface area contributed by atoms with Gasteiger partial charge in [-0.05, 0) is 31.2 Å². The van der Waals surface area contributed by atoms with Gasteiger partial charge >= 0.3 is 0 Å². The van der Waals surface area contributed by atoms with Crippen LogP contribution in [0.25, 0.3) is 17.1 Å². The number of anilines is 1. The van der Waals surface area contributed by atoms with Crippen molar-refractivity contribution in [2.24, 2.45) is 0 Å². The molecule has 0 spiro atoms. The fourth-order valence-electron chi connectivity index (χ4n) is 2.75. The molecule has 0 fully saturated rings. The van der Waals surface area contributed by atoms with Gasteiger partial charge in [0.05, 0.1) is 0 Å². The van der Waals surface area contributed by atoms with E-state index in [2.05, 4.69) is 30.7 Å². The van der Waals surface area contributed by atoms with Crippen LogP contribution in [0.1, 0.15) is 16.3 Å². The number of amides is 1. The monoisotopic (exact) mass is 389 g/mol. The summed E-state index contributed by atoms with van der Waals surface area (Å²) in [5.41, 5.74) is 0.981. The average Bonchev–Trinajstić information content (AvgIpc) is 3.44. The highest BCUT2D eigenvalue weighted by atomic mass is 16.5. The van der Waals surface area contributed by atoms with Crippen LogP contribution >= 0.6 is 0 Å². The van der Waals surface area contributed by atoms with Gasteiger partial charge in [0, 0.05) is 55.6 Å². The maximum atomic E-state index is 12.3. The van der Waals surface area contributed by atoms with Crippen molar-refractivity contribution in [2.45, 2.75) is 6.92 Å². The lowest BCUT2D eigenvalue weighted by Crippen LogP contribution is -2.29. The van der Waals surface area contributed by atoms with Crippen molar-refractivity contribution in [3.63, 3.8) is 0 Å². The summed E-state index contributed by atoms with van der Waals surface area (Å²) in [5.74, 6) is 2.32. The van der Waals surface area contributed by atoms with E-state index in [0.29, 0.717) is 30.5 Å². The number of carbonyl (C=O) groups is 1. The maximum Gasteiger partial charge on any atom is 0.273 e. The number of aryl methyl sites for hydroxylation is 1. The van der Waals surface area contributed by atoms with Gasteiger partial charge in [-0.2, -0.15) is 0 Å². The number of carbonyl (C=O) groups excluding carboxylic acids is 1. The Morgan fingerprint density at radius 1 is 1.14 bits per heavy atom. The minimum absolute atomic E-state index is 0.219. The molecule has 0 aliphatic carbocycles. The summed E-state index contributed by atoms with van der Waals surface area (Å²) in [7, 11) is 0. The van der Waals surface area contributed by atoms with E-state index in [-0.39, 0.29) is 11.6 Å². The molecule has 0 aromatic carbocycles. The Balaban J connectivity index is 1.31. The van der Waals surface area contributed by atoms with Crippen molar-refractivity contribution in [1.82, 2.24) is 30.0 Å². The molecule has 0 aliphatic heterocycles. The first-order valence-corrected chi connectivity index (χ1v) is 9.07. The van der Waals surface area contributed by atoms with E-state index in [1.165, 1.54) is 0 Å². The molecule has 2 N–H and O–H groups in total. The molecule has 9 heteroatoms. The Morgan fingerprint density at radius 3 is 2.79 bits per heavy atom. The predicted octanol–water partition coefficient (Wildman–Crippen LogP) is 2.47. The lowest BCUT2D eigenvalue weighted by Gasteiger charge is -2.09. The number of nitrogens with zero attached hydrogens (tertiary/aromatic N) is 5. The molecule has 1 amide bonds. The summed E-state index contributed by atoms with van der Waals surface area (Å²) in [6, 6.07) is 10.9. The van der Waals surface area contributed by atoms with E-state index in [4.69, 9.17) is 4.52 Å². The average molecular weight is 389 g/mol. The Kier molecular flexibility index (Phi) is 5.28. The van der Waals surface area contributed by atoms with Crippen molar-refractivity contribution in [3.05, 3.63) is 72.7 Å². The summed E-state index contributed by atoms with van der Waals surface area (Å²) in [6.45, 7) is 2.74. The Bertz CT molecular complexity index is 1090.